The summed E-state index contributed by atoms with van der Waals surface area (Å²) in [5.74, 6) is -13.3. The number of hydrogen-bond donors (Lipinski definition) is 19. The lowest BCUT2D eigenvalue weighted by atomic mass is 10.0. The van der Waals surface area contributed by atoms with E-state index < -0.39 is 164 Å². The number of hydrogen-bond acceptors (Lipinski definition) is 18. The van der Waals surface area contributed by atoms with E-state index in [0.717, 1.165) is 46.5 Å². The molecule has 96 heavy (non-hydrogen) atoms. The number of rotatable bonds is 55. The third-order valence-electron chi connectivity index (χ3n) is 15.2. The normalized spacial score (nSPS) is 14.1. The van der Waals surface area contributed by atoms with Gasteiger partial charge in [-0.25, -0.2) is 0 Å². The number of unbranched alkanes of at least 4 members (excludes halogenated alkanes) is 13. The molecule has 0 aromatic heterocycles. The SMILES string of the molecule is CCCCCCCCCCCCCCCC(=O)N[C@@H](CCCCN)C(=O)N[C@@H](CC(C)C)C(=O)N[C@@H](CCCN=C(N)N)C(=O)N[C@@H](CCC(=O)O)C(=O)N[C@H](C(=O)N[C@@H](CC(N)=O)C(=O)N[C@@H](C)C(=O)NCC(=O)N[C@@H](CCCN=C(N)N)C(=O)N[C@@H](CO)C(C)=O)[C@@H](C)O. The molecular formula is C62H114N18O16. The number of carbonyl (C=O) groups is 13. The first-order valence-electron chi connectivity index (χ1n) is 33.5. The minimum atomic E-state index is -2.00. The van der Waals surface area contributed by atoms with Crippen molar-refractivity contribution in [3.8, 4) is 0 Å². The Hall–Kier alpha value is -8.27. The Balaban J connectivity index is 6.45. The average molecular weight is 1370 g/mol. The maximum absolute atomic E-state index is 14.3. The van der Waals surface area contributed by atoms with Gasteiger partial charge >= 0.3 is 5.97 Å². The van der Waals surface area contributed by atoms with E-state index in [9.17, 15) is 77.6 Å². The number of nitrogens with zero attached hydrogens (tertiary/aromatic N) is 2. The fraction of sp³-hybridized carbons (Fsp3) is 0.758. The molecule has 34 heteroatoms. The molecule has 0 fully saturated rings. The standard InChI is InChI=1S/C62H114N18O16/c1-7-8-9-10-11-12-13-14-15-16-17-18-19-27-49(85)73-41(24-20-21-30-63)54(90)77-45(33-37(2)3)59(95)75-43(26-23-32-70-62(67)68)56(92)76-44(28-29-51(87)88)57(93)80-52(40(6)83)60(96)78-46(34-48(64)84)58(94)72-38(4)53(89)71-35-50(86)74-42(25-22-31-69-61(65)66)55(91)79-47(36-81)39(5)82/h37-38,40-47,52,81,83H,7-36,63H2,1-6H3,(H2,64,84)(H,71,89)(H,72,94)(H,73,85)(H,74,86)(H,75,95)(H,76,92)(H,77,90)(H,78,96)(H,79,91)(H,80,93)(H,87,88)(H4,65,66,69)(H4,67,68,70)/t38-,40+,41-,42-,43-,44-,45-,46-,47-,52-/m0/s1. The zero-order valence-electron chi connectivity index (χ0n) is 57.1. The van der Waals surface area contributed by atoms with E-state index in [-0.39, 0.29) is 81.8 Å². The predicted octanol–water partition coefficient (Wildman–Crippen LogP) is -3.05. The summed E-state index contributed by atoms with van der Waals surface area (Å²) >= 11 is 0. The number of carbonyl (C=O) groups excluding carboxylic acids is 12. The first-order valence-corrected chi connectivity index (χ1v) is 33.5. The Morgan fingerprint density at radius 2 is 0.854 bits per heavy atom. The highest BCUT2D eigenvalue weighted by atomic mass is 16.4. The number of aliphatic carboxylic acids is 1. The van der Waals surface area contributed by atoms with Gasteiger partial charge in [0.25, 0.3) is 0 Å². The van der Waals surface area contributed by atoms with Crippen LogP contribution in [0.25, 0.3) is 0 Å². The number of aliphatic hydroxyl groups excluding tert-OH is 2. The number of primary amides is 1. The summed E-state index contributed by atoms with van der Waals surface area (Å²) in [5.41, 5.74) is 32.9. The molecule has 0 unspecified atom stereocenters. The Kier molecular flexibility index (Phi) is 46.7. The van der Waals surface area contributed by atoms with Crippen molar-refractivity contribution in [3.63, 3.8) is 0 Å². The van der Waals surface area contributed by atoms with Crippen LogP contribution in [-0.2, 0) is 62.3 Å². The van der Waals surface area contributed by atoms with Gasteiger partial charge in [0, 0.05) is 25.9 Å². The Morgan fingerprint density at radius 1 is 0.438 bits per heavy atom. The van der Waals surface area contributed by atoms with Crippen molar-refractivity contribution >= 4 is 88.7 Å². The Labute approximate surface area is 563 Å². The van der Waals surface area contributed by atoms with Gasteiger partial charge in [0.1, 0.15) is 54.4 Å². The fourth-order valence-corrected chi connectivity index (χ4v) is 9.76. The van der Waals surface area contributed by atoms with Gasteiger partial charge in [0.2, 0.25) is 65.0 Å². The largest absolute Gasteiger partial charge is 0.481 e. The summed E-state index contributed by atoms with van der Waals surface area (Å²) in [6.45, 7) is 7.95. The lowest BCUT2D eigenvalue weighted by molar-refractivity contribution is -0.139. The maximum atomic E-state index is 14.3. The molecule has 0 rings (SSSR count). The summed E-state index contributed by atoms with van der Waals surface area (Å²) in [4.78, 5) is 180. The molecule has 0 bridgehead atoms. The van der Waals surface area contributed by atoms with E-state index in [1.54, 1.807) is 13.8 Å². The molecule has 0 aliphatic carbocycles. The van der Waals surface area contributed by atoms with Crippen molar-refractivity contribution in [1.29, 1.82) is 0 Å². The number of aliphatic imine (C=N–C) groups is 2. The summed E-state index contributed by atoms with van der Waals surface area (Å²) < 4.78 is 0. The second-order valence-corrected chi connectivity index (χ2v) is 24.4. The fourth-order valence-electron chi connectivity index (χ4n) is 9.76. The van der Waals surface area contributed by atoms with Gasteiger partial charge < -0.3 is 103 Å². The van der Waals surface area contributed by atoms with Crippen LogP contribution in [-0.4, -0.2) is 197 Å². The monoisotopic (exact) mass is 1370 g/mol. The summed E-state index contributed by atoms with van der Waals surface area (Å²) in [6.07, 6.45) is 12.0. The van der Waals surface area contributed by atoms with Gasteiger partial charge in [0.15, 0.2) is 17.7 Å². The molecule has 10 atom stereocenters. The lowest BCUT2D eigenvalue weighted by Gasteiger charge is -2.28. The smallest absolute Gasteiger partial charge is 0.303 e. The minimum Gasteiger partial charge on any atom is -0.481 e. The number of Topliss-reactive ketones (excluding diaryl/α,β-unsaturated/α-hetero) is 1. The molecule has 0 spiro atoms. The van der Waals surface area contributed by atoms with Crippen molar-refractivity contribution in [3.05, 3.63) is 0 Å². The second kappa shape index (κ2) is 51.1. The number of ketones is 1. The second-order valence-electron chi connectivity index (χ2n) is 24.4. The summed E-state index contributed by atoms with van der Waals surface area (Å²) in [7, 11) is 0. The number of nitrogens with two attached hydrogens (primary N) is 6. The predicted molar refractivity (Wildman–Crippen MR) is 359 cm³/mol. The summed E-state index contributed by atoms with van der Waals surface area (Å²) in [6, 6.07) is -13.6. The number of aliphatic hydroxyl groups is 2. The molecule has 0 aliphatic heterocycles. The van der Waals surface area contributed by atoms with Crippen LogP contribution in [0.5, 0.6) is 0 Å². The van der Waals surface area contributed by atoms with Crippen LogP contribution in [0.2, 0.25) is 0 Å². The van der Waals surface area contributed by atoms with Crippen LogP contribution in [0, 0.1) is 5.92 Å². The van der Waals surface area contributed by atoms with Crippen LogP contribution < -0.4 is 87.6 Å². The molecule has 548 valence electrons. The van der Waals surface area contributed by atoms with Crippen molar-refractivity contribution in [2.45, 2.75) is 263 Å². The van der Waals surface area contributed by atoms with Gasteiger partial charge in [0.05, 0.1) is 25.7 Å². The van der Waals surface area contributed by atoms with E-state index in [1.165, 1.54) is 51.4 Å². The lowest BCUT2D eigenvalue weighted by Crippen LogP contribution is -2.62. The van der Waals surface area contributed by atoms with Crippen molar-refractivity contribution in [2.24, 2.45) is 50.3 Å². The van der Waals surface area contributed by atoms with Gasteiger partial charge in [-0.05, 0) is 97.4 Å². The summed E-state index contributed by atoms with van der Waals surface area (Å²) in [5, 5.41) is 54.2. The van der Waals surface area contributed by atoms with Crippen molar-refractivity contribution in [2.75, 3.05) is 32.8 Å². The maximum Gasteiger partial charge on any atom is 0.303 e. The molecular weight excluding hydrogens is 1250 g/mol. The third kappa shape index (κ3) is 41.5. The average Bonchev–Trinajstić information content (AvgIpc) is 0.922. The first-order chi connectivity index (χ1) is 45.4. The zero-order valence-corrected chi connectivity index (χ0v) is 57.1. The topological polar surface area (TPSA) is 584 Å². The van der Waals surface area contributed by atoms with Crippen LogP contribution >= 0.6 is 0 Å². The van der Waals surface area contributed by atoms with Gasteiger partial charge in [-0.15, -0.1) is 0 Å². The van der Waals surface area contributed by atoms with Crippen molar-refractivity contribution in [1.82, 2.24) is 53.2 Å². The minimum absolute atomic E-state index is 0.0431. The van der Waals surface area contributed by atoms with E-state index in [4.69, 9.17) is 34.4 Å². The van der Waals surface area contributed by atoms with Crippen LogP contribution in [0.3, 0.4) is 0 Å². The van der Waals surface area contributed by atoms with Gasteiger partial charge in [-0.3, -0.25) is 72.3 Å². The zero-order chi connectivity index (χ0) is 72.7. The molecule has 0 saturated heterocycles. The van der Waals surface area contributed by atoms with Crippen molar-refractivity contribution < 1.29 is 77.6 Å². The molecule has 0 heterocycles. The number of amides is 11. The van der Waals surface area contributed by atoms with E-state index in [1.807, 2.05) is 0 Å². The quantitative estimate of drug-likeness (QED) is 0.0163. The highest BCUT2D eigenvalue weighted by molar-refractivity contribution is 5.99. The molecule has 0 saturated carbocycles. The molecule has 0 aromatic rings. The van der Waals surface area contributed by atoms with Crippen LogP contribution in [0.15, 0.2) is 9.98 Å². The van der Waals surface area contributed by atoms with E-state index in [0.29, 0.717) is 25.8 Å². The van der Waals surface area contributed by atoms with E-state index in [2.05, 4.69) is 70.1 Å². The van der Waals surface area contributed by atoms with Gasteiger partial charge in [-0.1, -0.05) is 97.8 Å². The molecule has 0 radical (unpaired) electrons. The van der Waals surface area contributed by atoms with Gasteiger partial charge in [-0.2, -0.15) is 0 Å². The molecule has 34 nitrogen and oxygen atoms in total. The van der Waals surface area contributed by atoms with E-state index >= 15 is 0 Å². The number of carboxylic acids is 1. The third-order valence-corrected chi connectivity index (χ3v) is 15.2. The Bertz CT molecular complexity index is 2510. The number of carboxylic acid groups (broad SMARTS) is 1. The number of guanidine groups is 2. The molecule has 0 aliphatic rings. The van der Waals surface area contributed by atoms with Crippen LogP contribution in [0.1, 0.15) is 202 Å². The first kappa shape index (κ1) is 87.7. The Morgan fingerprint density at radius 3 is 1.30 bits per heavy atom. The highest BCUT2D eigenvalue weighted by Crippen LogP contribution is 2.15. The van der Waals surface area contributed by atoms with Crippen LogP contribution in [0.4, 0.5) is 0 Å². The highest BCUT2D eigenvalue weighted by Gasteiger charge is 2.36. The molecule has 0 aromatic carbocycles. The molecule has 25 N–H and O–H groups in total. The number of nitrogens with one attached hydrogen (secondary N) is 10. The molecule has 11 amide bonds.